The van der Waals surface area contributed by atoms with Crippen molar-refractivity contribution < 1.29 is 23.5 Å². The van der Waals surface area contributed by atoms with E-state index in [0.29, 0.717) is 42.7 Å². The number of anilines is 1. The summed E-state index contributed by atoms with van der Waals surface area (Å²) in [4.78, 5) is 27.3. The standard InChI is InChI=1S/C22H27N3O5/c26-20(15-25-9-7-16(8-10-25)22-29-12-13-30-22)24-19-6-2-1-5-18(19)21(27)23-14-17-4-3-11-28-17/h1-6,11,16,22H,7-10,12-15H2,(H,23,27)(H,24,26). The fourth-order valence-corrected chi connectivity index (χ4v) is 3.89. The maximum Gasteiger partial charge on any atom is 0.253 e. The van der Waals surface area contributed by atoms with E-state index in [9.17, 15) is 9.59 Å². The molecule has 0 spiro atoms. The predicted octanol–water partition coefficient (Wildman–Crippen LogP) is 2.23. The van der Waals surface area contributed by atoms with Gasteiger partial charge in [0.1, 0.15) is 5.76 Å². The number of furan rings is 1. The molecule has 160 valence electrons. The van der Waals surface area contributed by atoms with E-state index in [1.165, 1.54) is 0 Å². The van der Waals surface area contributed by atoms with Crippen LogP contribution in [0.1, 0.15) is 29.0 Å². The quantitative estimate of drug-likeness (QED) is 0.723. The van der Waals surface area contributed by atoms with E-state index in [4.69, 9.17) is 13.9 Å². The Morgan fingerprint density at radius 1 is 1.03 bits per heavy atom. The maximum absolute atomic E-state index is 12.6. The Morgan fingerprint density at radius 2 is 1.80 bits per heavy atom. The van der Waals surface area contributed by atoms with Gasteiger partial charge in [0, 0.05) is 5.92 Å². The highest BCUT2D eigenvalue weighted by atomic mass is 16.7. The van der Waals surface area contributed by atoms with Gasteiger partial charge in [-0.25, -0.2) is 0 Å². The third kappa shape index (κ3) is 5.27. The molecule has 0 radical (unpaired) electrons. The average Bonchev–Trinajstić information content (AvgIpc) is 3.47. The molecule has 2 N–H and O–H groups in total. The van der Waals surface area contributed by atoms with Crippen molar-refractivity contribution in [2.75, 3.05) is 38.2 Å². The number of rotatable bonds is 7. The molecule has 2 fully saturated rings. The zero-order valence-corrected chi connectivity index (χ0v) is 16.8. The minimum atomic E-state index is -0.264. The topological polar surface area (TPSA) is 93.0 Å². The van der Waals surface area contributed by atoms with Crippen molar-refractivity contribution in [2.45, 2.75) is 25.7 Å². The van der Waals surface area contributed by atoms with Gasteiger partial charge in [-0.05, 0) is 50.2 Å². The number of ether oxygens (including phenoxy) is 2. The molecule has 0 unspecified atom stereocenters. The second-order valence-electron chi connectivity index (χ2n) is 7.58. The number of hydrogen-bond acceptors (Lipinski definition) is 6. The molecule has 3 heterocycles. The lowest BCUT2D eigenvalue weighted by molar-refractivity contribution is -0.119. The van der Waals surface area contributed by atoms with E-state index >= 15 is 0 Å². The van der Waals surface area contributed by atoms with Gasteiger partial charge in [0.25, 0.3) is 5.91 Å². The van der Waals surface area contributed by atoms with Gasteiger partial charge in [0.05, 0.1) is 43.8 Å². The molecule has 0 aliphatic carbocycles. The summed E-state index contributed by atoms with van der Waals surface area (Å²) in [6, 6.07) is 10.6. The third-order valence-electron chi connectivity index (χ3n) is 5.48. The van der Waals surface area contributed by atoms with Gasteiger partial charge in [-0.1, -0.05) is 12.1 Å². The fourth-order valence-electron chi connectivity index (χ4n) is 3.89. The number of carbonyl (C=O) groups is 2. The van der Waals surface area contributed by atoms with Crippen LogP contribution < -0.4 is 10.6 Å². The van der Waals surface area contributed by atoms with Crippen molar-refractivity contribution in [1.29, 1.82) is 0 Å². The molecule has 0 bridgehead atoms. The van der Waals surface area contributed by atoms with Gasteiger partial charge in [0.2, 0.25) is 5.91 Å². The van der Waals surface area contributed by atoms with Crippen molar-refractivity contribution in [1.82, 2.24) is 10.2 Å². The first-order valence-corrected chi connectivity index (χ1v) is 10.3. The lowest BCUT2D eigenvalue weighted by atomic mass is 9.96. The first kappa shape index (κ1) is 20.6. The molecule has 0 atom stereocenters. The molecule has 2 aliphatic heterocycles. The average molecular weight is 413 g/mol. The van der Waals surface area contributed by atoms with Crippen LogP contribution in [0, 0.1) is 5.92 Å². The van der Waals surface area contributed by atoms with Crippen molar-refractivity contribution >= 4 is 17.5 Å². The Morgan fingerprint density at radius 3 is 2.53 bits per heavy atom. The Kier molecular flexibility index (Phi) is 6.78. The number of benzene rings is 1. The van der Waals surface area contributed by atoms with Crippen LogP contribution in [-0.2, 0) is 20.8 Å². The highest BCUT2D eigenvalue weighted by Gasteiger charge is 2.30. The highest BCUT2D eigenvalue weighted by molar-refractivity contribution is 6.04. The summed E-state index contributed by atoms with van der Waals surface area (Å²) in [7, 11) is 0. The zero-order chi connectivity index (χ0) is 20.8. The van der Waals surface area contributed by atoms with Crippen LogP contribution in [0.3, 0.4) is 0 Å². The first-order chi connectivity index (χ1) is 14.7. The molecule has 8 nitrogen and oxygen atoms in total. The normalized spacial score (nSPS) is 18.4. The van der Waals surface area contributed by atoms with Gasteiger partial charge in [-0.3, -0.25) is 14.5 Å². The van der Waals surface area contributed by atoms with Crippen LogP contribution in [0.2, 0.25) is 0 Å². The Hall–Kier alpha value is -2.68. The number of para-hydroxylation sites is 1. The lowest BCUT2D eigenvalue weighted by Gasteiger charge is -2.33. The monoisotopic (exact) mass is 413 g/mol. The molecular weight excluding hydrogens is 386 g/mol. The van der Waals surface area contributed by atoms with Gasteiger partial charge >= 0.3 is 0 Å². The van der Waals surface area contributed by atoms with E-state index in [1.807, 2.05) is 0 Å². The number of nitrogens with one attached hydrogen (secondary N) is 2. The molecule has 2 amide bonds. The first-order valence-electron chi connectivity index (χ1n) is 10.3. The van der Waals surface area contributed by atoms with E-state index in [-0.39, 0.29) is 24.6 Å². The van der Waals surface area contributed by atoms with E-state index in [2.05, 4.69) is 15.5 Å². The summed E-state index contributed by atoms with van der Waals surface area (Å²) in [6.45, 7) is 3.57. The van der Waals surface area contributed by atoms with Gasteiger partial charge in [-0.2, -0.15) is 0 Å². The minimum absolute atomic E-state index is 0.0902. The summed E-state index contributed by atoms with van der Waals surface area (Å²) >= 11 is 0. The van der Waals surface area contributed by atoms with Crippen LogP contribution in [0.25, 0.3) is 0 Å². The molecule has 30 heavy (non-hydrogen) atoms. The Balaban J connectivity index is 1.27. The number of piperidine rings is 1. The fraction of sp³-hybridized carbons (Fsp3) is 0.455. The van der Waals surface area contributed by atoms with E-state index in [0.717, 1.165) is 25.9 Å². The number of hydrogen-bond donors (Lipinski definition) is 2. The lowest BCUT2D eigenvalue weighted by Crippen LogP contribution is -2.42. The summed E-state index contributed by atoms with van der Waals surface area (Å²) in [5.74, 6) is 0.667. The Labute approximate surface area is 175 Å². The van der Waals surface area contributed by atoms with E-state index < -0.39 is 0 Å². The van der Waals surface area contributed by atoms with Gasteiger partial charge in [0.15, 0.2) is 6.29 Å². The molecule has 4 rings (SSSR count). The zero-order valence-electron chi connectivity index (χ0n) is 16.8. The summed E-state index contributed by atoms with van der Waals surface area (Å²) in [5, 5.41) is 5.69. The van der Waals surface area contributed by atoms with Crippen LogP contribution in [0.15, 0.2) is 47.1 Å². The second-order valence-corrected chi connectivity index (χ2v) is 7.58. The van der Waals surface area contributed by atoms with Crippen LogP contribution in [-0.4, -0.2) is 55.9 Å². The van der Waals surface area contributed by atoms with Gasteiger partial charge < -0.3 is 24.5 Å². The number of amides is 2. The molecule has 1 aromatic carbocycles. The second kappa shape index (κ2) is 9.88. The van der Waals surface area contributed by atoms with Crippen molar-refractivity contribution in [2.24, 2.45) is 5.92 Å². The SMILES string of the molecule is O=C(CN1CCC(C2OCCO2)CC1)Nc1ccccc1C(=O)NCc1ccco1. The molecular formula is C22H27N3O5. The van der Waals surface area contributed by atoms with Crippen molar-refractivity contribution in [3.05, 3.63) is 54.0 Å². The number of nitrogens with zero attached hydrogens (tertiary/aromatic N) is 1. The van der Waals surface area contributed by atoms with Crippen molar-refractivity contribution in [3.63, 3.8) is 0 Å². The summed E-state index contributed by atoms with van der Waals surface area (Å²) in [6.07, 6.45) is 3.37. The highest BCUT2D eigenvalue weighted by Crippen LogP contribution is 2.25. The van der Waals surface area contributed by atoms with E-state index in [1.54, 1.807) is 42.7 Å². The molecule has 2 aliphatic rings. The molecule has 8 heteroatoms. The van der Waals surface area contributed by atoms with Crippen LogP contribution >= 0.6 is 0 Å². The van der Waals surface area contributed by atoms with Gasteiger partial charge in [-0.15, -0.1) is 0 Å². The smallest absolute Gasteiger partial charge is 0.253 e. The maximum atomic E-state index is 12.6. The van der Waals surface area contributed by atoms with Crippen LogP contribution in [0.5, 0.6) is 0 Å². The third-order valence-corrected chi connectivity index (χ3v) is 5.48. The molecule has 2 saturated heterocycles. The molecule has 2 aromatic rings. The minimum Gasteiger partial charge on any atom is -0.467 e. The predicted molar refractivity (Wildman–Crippen MR) is 110 cm³/mol. The number of likely N-dealkylation sites (tertiary alicyclic amines) is 1. The number of carbonyl (C=O) groups excluding carboxylic acids is 2. The largest absolute Gasteiger partial charge is 0.467 e. The van der Waals surface area contributed by atoms with Crippen LogP contribution in [0.4, 0.5) is 5.69 Å². The summed E-state index contributed by atoms with van der Waals surface area (Å²) < 4.78 is 16.4. The molecule has 1 aromatic heterocycles. The van der Waals surface area contributed by atoms with Crippen molar-refractivity contribution in [3.8, 4) is 0 Å². The summed E-state index contributed by atoms with van der Waals surface area (Å²) in [5.41, 5.74) is 0.925. The Bertz CT molecular complexity index is 840. The molecule has 0 saturated carbocycles.